The Morgan fingerprint density at radius 3 is 2.50 bits per heavy atom. The molecule has 3 heterocycles. The van der Waals surface area contributed by atoms with Crippen LogP contribution in [0.3, 0.4) is 0 Å². The van der Waals surface area contributed by atoms with E-state index in [1.807, 2.05) is 26.0 Å². The molecule has 0 fully saturated rings. The van der Waals surface area contributed by atoms with Crippen molar-refractivity contribution in [1.82, 2.24) is 18.7 Å². The van der Waals surface area contributed by atoms with Crippen molar-refractivity contribution in [2.45, 2.75) is 53.1 Å². The summed E-state index contributed by atoms with van der Waals surface area (Å²) in [5.74, 6) is -1.18. The molecule has 1 aliphatic heterocycles. The third kappa shape index (κ3) is 5.29. The van der Waals surface area contributed by atoms with Gasteiger partial charge in [0.05, 0.1) is 30.1 Å². The first-order valence-electron chi connectivity index (χ1n) is 13.7. The normalized spacial score (nSPS) is 15.4. The predicted molar refractivity (Wildman–Crippen MR) is 160 cm³/mol. The van der Waals surface area contributed by atoms with E-state index in [-0.39, 0.29) is 36.5 Å². The smallest absolute Gasteiger partial charge is 0.352 e. The van der Waals surface area contributed by atoms with Gasteiger partial charge in [0.15, 0.2) is 0 Å². The largest absolute Gasteiger partial charge is 0.494 e. The summed E-state index contributed by atoms with van der Waals surface area (Å²) < 4.78 is 52.4. The minimum Gasteiger partial charge on any atom is -0.494 e. The number of rotatable bonds is 6. The molecule has 9 nitrogen and oxygen atoms in total. The molecule has 0 saturated carbocycles. The first-order chi connectivity index (χ1) is 19.8. The van der Waals surface area contributed by atoms with Crippen LogP contribution in [-0.4, -0.2) is 57.6 Å². The fraction of sp³-hybridized carbons (Fsp3) is 0.400. The van der Waals surface area contributed by atoms with E-state index in [2.05, 4.69) is 5.10 Å². The van der Waals surface area contributed by atoms with E-state index in [1.165, 1.54) is 17.4 Å². The minimum atomic E-state index is -3.66. The number of aromatic nitrogens is 3. The molecule has 0 amide bonds. The van der Waals surface area contributed by atoms with Crippen molar-refractivity contribution in [3.05, 3.63) is 68.9 Å². The first kappa shape index (κ1) is 30.1. The van der Waals surface area contributed by atoms with Gasteiger partial charge in [-0.05, 0) is 81.0 Å². The number of halogens is 2. The zero-order valence-corrected chi connectivity index (χ0v) is 25.9. The zero-order valence-electron chi connectivity index (χ0n) is 24.3. The summed E-state index contributed by atoms with van der Waals surface area (Å²) in [5, 5.41) is 16.3. The van der Waals surface area contributed by atoms with Crippen molar-refractivity contribution in [3.63, 3.8) is 0 Å². The highest BCUT2D eigenvalue weighted by atomic mass is 35.5. The number of sulfonamides is 1. The molecular weight excluding hydrogens is 583 g/mol. The monoisotopic (exact) mass is 616 g/mol. The maximum absolute atomic E-state index is 15.9. The molecule has 1 N–H and O–H groups in total. The standard InChI is InChI=1S/C30H34ClFN4O5S/c1-17-14-20(15-18(2)27(17)31)41-12-6-8-21-22-9-10-23(32)26-25-19(3)35(5)33-24(25)16-34(4)42(39,40)13-7-11-36(28(22)26)29(21)30(37)38/h9-10,14-15H,6-8,11-13,16H2,1-5H3,(H,37,38). The molecule has 0 aliphatic carbocycles. The van der Waals surface area contributed by atoms with Gasteiger partial charge in [0.2, 0.25) is 10.0 Å². The molecule has 42 heavy (non-hydrogen) atoms. The second kappa shape index (κ2) is 11.3. The molecule has 4 aromatic rings. The predicted octanol–water partition coefficient (Wildman–Crippen LogP) is 5.63. The minimum absolute atomic E-state index is 0.0307. The molecule has 0 saturated heterocycles. The second-order valence-corrected chi connectivity index (χ2v) is 13.5. The number of carbonyl (C=O) groups is 1. The van der Waals surface area contributed by atoms with Crippen molar-refractivity contribution in [1.29, 1.82) is 0 Å². The number of nitrogens with zero attached hydrogens (tertiary/aromatic N) is 4. The van der Waals surface area contributed by atoms with Gasteiger partial charge >= 0.3 is 5.97 Å². The Morgan fingerprint density at radius 2 is 1.83 bits per heavy atom. The van der Waals surface area contributed by atoms with E-state index >= 15 is 4.39 Å². The highest BCUT2D eigenvalue weighted by Gasteiger charge is 2.31. The van der Waals surface area contributed by atoms with Gasteiger partial charge in [-0.3, -0.25) is 4.68 Å². The van der Waals surface area contributed by atoms with E-state index in [0.717, 1.165) is 11.1 Å². The van der Waals surface area contributed by atoms with Crippen molar-refractivity contribution in [2.24, 2.45) is 7.05 Å². The molecule has 12 heteroatoms. The number of hydrogen-bond donors (Lipinski definition) is 1. The quantitative estimate of drug-likeness (QED) is 0.281. The summed E-state index contributed by atoms with van der Waals surface area (Å²) in [5.41, 5.74) is 4.60. The molecule has 1 aliphatic rings. The van der Waals surface area contributed by atoms with Crippen LogP contribution in [0.2, 0.25) is 5.02 Å². The third-order valence-electron chi connectivity index (χ3n) is 8.02. The number of hydrogen-bond acceptors (Lipinski definition) is 5. The molecule has 0 atom stereocenters. The molecule has 2 aromatic heterocycles. The van der Waals surface area contributed by atoms with Crippen LogP contribution in [0.1, 0.15) is 51.4 Å². The topological polar surface area (TPSA) is 107 Å². The van der Waals surface area contributed by atoms with Crippen molar-refractivity contribution in [3.8, 4) is 16.9 Å². The van der Waals surface area contributed by atoms with Gasteiger partial charge in [0, 0.05) is 47.9 Å². The second-order valence-electron chi connectivity index (χ2n) is 10.9. The average Bonchev–Trinajstić information content (AvgIpc) is 3.37. The lowest BCUT2D eigenvalue weighted by atomic mass is 9.97. The summed E-state index contributed by atoms with van der Waals surface area (Å²) >= 11 is 6.28. The van der Waals surface area contributed by atoms with Gasteiger partial charge in [0.25, 0.3) is 0 Å². The lowest BCUT2D eigenvalue weighted by molar-refractivity contribution is 0.0684. The Kier molecular flexibility index (Phi) is 8.12. The van der Waals surface area contributed by atoms with Crippen molar-refractivity contribution in [2.75, 3.05) is 19.4 Å². The van der Waals surface area contributed by atoms with Crippen LogP contribution in [0.4, 0.5) is 4.39 Å². The van der Waals surface area contributed by atoms with E-state index in [0.29, 0.717) is 63.6 Å². The van der Waals surface area contributed by atoms with E-state index < -0.39 is 21.8 Å². The molecule has 2 aromatic carbocycles. The van der Waals surface area contributed by atoms with Crippen LogP contribution in [0.15, 0.2) is 24.3 Å². The summed E-state index contributed by atoms with van der Waals surface area (Å²) in [7, 11) is -0.464. The Bertz CT molecular complexity index is 1810. The van der Waals surface area contributed by atoms with Crippen LogP contribution >= 0.6 is 11.6 Å². The molecule has 0 unspecified atom stereocenters. The number of fused-ring (bicyclic) bond motifs is 2. The SMILES string of the molecule is Cc1cc(OCCCc2c(C(=O)O)n3c4c(c(F)ccc24)-c2c(nn(C)c2C)CN(C)S(=O)(=O)CCC3)cc(C)c1Cl. The number of aromatic carboxylic acids is 1. The molecule has 224 valence electrons. The number of ether oxygens (including phenoxy) is 1. The molecule has 0 radical (unpaired) electrons. The number of aryl methyl sites for hydroxylation is 5. The summed E-state index contributed by atoms with van der Waals surface area (Å²) in [4.78, 5) is 12.8. The third-order valence-corrected chi connectivity index (χ3v) is 10.5. The van der Waals surface area contributed by atoms with Crippen LogP contribution in [-0.2, 0) is 36.6 Å². The lowest BCUT2D eigenvalue weighted by Gasteiger charge is -2.16. The summed E-state index contributed by atoms with van der Waals surface area (Å²) in [6.07, 6.45) is 1.03. The zero-order chi connectivity index (χ0) is 30.5. The Morgan fingerprint density at radius 1 is 1.14 bits per heavy atom. The van der Waals surface area contributed by atoms with Gasteiger partial charge in [-0.15, -0.1) is 0 Å². The Labute approximate surface area is 249 Å². The van der Waals surface area contributed by atoms with E-state index in [4.69, 9.17) is 16.3 Å². The Balaban J connectivity index is 1.63. The van der Waals surface area contributed by atoms with E-state index in [1.54, 1.807) is 29.3 Å². The van der Waals surface area contributed by atoms with Gasteiger partial charge < -0.3 is 14.4 Å². The van der Waals surface area contributed by atoms with Crippen LogP contribution in [0.25, 0.3) is 22.0 Å². The number of benzene rings is 2. The average molecular weight is 617 g/mol. The van der Waals surface area contributed by atoms with Crippen molar-refractivity contribution >= 4 is 38.5 Å². The maximum atomic E-state index is 15.9. The van der Waals surface area contributed by atoms with Crippen LogP contribution < -0.4 is 4.74 Å². The first-order valence-corrected chi connectivity index (χ1v) is 15.7. The molecule has 0 bridgehead atoms. The van der Waals surface area contributed by atoms with Gasteiger partial charge in [-0.25, -0.2) is 17.6 Å². The maximum Gasteiger partial charge on any atom is 0.352 e. The van der Waals surface area contributed by atoms with Gasteiger partial charge in [-0.1, -0.05) is 11.6 Å². The summed E-state index contributed by atoms with van der Waals surface area (Å²) in [6.45, 7) is 6.00. The number of carboxylic acid groups (broad SMARTS) is 1. The fourth-order valence-corrected chi connectivity index (χ4v) is 7.10. The van der Waals surface area contributed by atoms with Gasteiger partial charge in [-0.2, -0.15) is 9.40 Å². The van der Waals surface area contributed by atoms with Crippen LogP contribution in [0.5, 0.6) is 5.75 Å². The fourth-order valence-electron chi connectivity index (χ4n) is 5.86. The van der Waals surface area contributed by atoms with Gasteiger partial charge in [0.1, 0.15) is 17.3 Å². The lowest BCUT2D eigenvalue weighted by Crippen LogP contribution is -2.29. The van der Waals surface area contributed by atoms with E-state index in [9.17, 15) is 18.3 Å². The highest BCUT2D eigenvalue weighted by molar-refractivity contribution is 7.89. The summed E-state index contributed by atoms with van der Waals surface area (Å²) in [6, 6.07) is 6.70. The molecular formula is C30H34ClFN4O5S. The Hall–Kier alpha value is -3.41. The molecule has 5 rings (SSSR count). The number of carboxylic acids is 1. The molecule has 0 spiro atoms. The highest BCUT2D eigenvalue weighted by Crippen LogP contribution is 2.40. The van der Waals surface area contributed by atoms with Crippen LogP contribution in [0, 0.1) is 26.6 Å². The van der Waals surface area contributed by atoms with Crippen molar-refractivity contribution < 1.29 is 27.4 Å².